The average Bonchev–Trinajstić information content (AvgIpc) is 3.81. The van der Waals surface area contributed by atoms with Gasteiger partial charge in [0.05, 0.1) is 6.10 Å². The number of aliphatic carboxylic acids is 1. The highest BCUT2D eigenvalue weighted by atomic mass is 35.5. The maximum Gasteiger partial charge on any atom is 0.303 e. The molecule has 3 aromatic rings. The minimum Gasteiger partial charge on any atom is -0.490 e. The highest BCUT2D eigenvalue weighted by molar-refractivity contribution is 6.31. The van der Waals surface area contributed by atoms with E-state index in [1.165, 1.54) is 11.1 Å². The molecule has 2 aromatic carbocycles. The van der Waals surface area contributed by atoms with E-state index in [0.29, 0.717) is 19.1 Å². The third-order valence-electron chi connectivity index (χ3n) is 7.37. The maximum atomic E-state index is 10.9. The molecule has 2 saturated carbocycles. The molecular weight excluding hydrogens is 472 g/mol. The first-order valence-electron chi connectivity index (χ1n) is 12.9. The summed E-state index contributed by atoms with van der Waals surface area (Å²) in [7, 11) is 0. The number of carboxylic acid groups (broad SMARTS) is 1. The SMILES string of the molecule is C[C@H](CCCC(=O)O)c1ccc(Cl)c(CNC2(c3cnccc3-c3ccccc3OC3CC3)CC2)c1. The van der Waals surface area contributed by atoms with Crippen LogP contribution in [-0.4, -0.2) is 22.2 Å². The van der Waals surface area contributed by atoms with Crippen molar-refractivity contribution in [3.8, 4) is 16.9 Å². The van der Waals surface area contributed by atoms with E-state index in [0.717, 1.165) is 59.6 Å². The Morgan fingerprint density at radius 1 is 1.19 bits per heavy atom. The number of ether oxygens (including phenoxy) is 1. The zero-order chi connectivity index (χ0) is 25.1. The van der Waals surface area contributed by atoms with E-state index in [4.69, 9.17) is 21.4 Å². The second-order valence-corrected chi connectivity index (χ2v) is 10.6. The molecule has 0 amide bonds. The quantitative estimate of drug-likeness (QED) is 0.276. The molecule has 0 saturated heterocycles. The second kappa shape index (κ2) is 10.6. The third kappa shape index (κ3) is 5.74. The standard InChI is InChI=1S/C30H33ClN2O3/c1-20(5-4-8-29(34)35)21-9-12-27(31)22(17-21)18-33-30(14-15-30)26-19-32-16-13-24(26)25-6-2-3-7-28(25)36-23-10-11-23/h2-3,6-7,9,12-13,16-17,19-20,23,33H,4-5,8,10-11,14-15,18H2,1H3,(H,34,35)/t20-/m1/s1. The Hall–Kier alpha value is -2.89. The van der Waals surface area contributed by atoms with Gasteiger partial charge in [-0.3, -0.25) is 9.78 Å². The first kappa shape index (κ1) is 24.8. The summed E-state index contributed by atoms with van der Waals surface area (Å²) in [5.41, 5.74) is 5.60. The van der Waals surface area contributed by atoms with Gasteiger partial charge in [-0.1, -0.05) is 48.9 Å². The smallest absolute Gasteiger partial charge is 0.303 e. The van der Waals surface area contributed by atoms with Crippen molar-refractivity contribution in [2.45, 2.75) is 76.0 Å². The molecule has 1 aromatic heterocycles. The van der Waals surface area contributed by atoms with Crippen molar-refractivity contribution in [1.82, 2.24) is 10.3 Å². The van der Waals surface area contributed by atoms with Crippen molar-refractivity contribution in [3.63, 3.8) is 0 Å². The molecule has 1 atom stereocenters. The number of carboxylic acids is 1. The average molecular weight is 505 g/mol. The molecule has 2 fully saturated rings. The summed E-state index contributed by atoms with van der Waals surface area (Å²) in [6.07, 6.45) is 10.2. The lowest BCUT2D eigenvalue weighted by molar-refractivity contribution is -0.137. The van der Waals surface area contributed by atoms with Crippen LogP contribution in [0, 0.1) is 0 Å². The van der Waals surface area contributed by atoms with Crippen LogP contribution in [-0.2, 0) is 16.9 Å². The fraction of sp³-hybridized carbons (Fsp3) is 0.400. The van der Waals surface area contributed by atoms with Crippen molar-refractivity contribution in [1.29, 1.82) is 0 Å². The molecule has 6 heteroatoms. The van der Waals surface area contributed by atoms with E-state index in [1.807, 2.05) is 24.5 Å². The lowest BCUT2D eigenvalue weighted by atomic mass is 9.93. The molecule has 0 unspecified atom stereocenters. The van der Waals surface area contributed by atoms with Crippen LogP contribution in [0.4, 0.5) is 0 Å². The number of para-hydroxylation sites is 1. The van der Waals surface area contributed by atoms with Crippen molar-refractivity contribution < 1.29 is 14.6 Å². The molecule has 2 aliphatic carbocycles. The number of aromatic nitrogens is 1. The molecule has 0 bridgehead atoms. The van der Waals surface area contributed by atoms with Gasteiger partial charge in [0, 0.05) is 41.5 Å². The number of carbonyl (C=O) groups is 1. The minimum atomic E-state index is -0.741. The summed E-state index contributed by atoms with van der Waals surface area (Å²) >= 11 is 6.60. The molecule has 2 N–H and O–H groups in total. The highest BCUT2D eigenvalue weighted by Gasteiger charge is 2.45. The molecule has 1 heterocycles. The molecule has 5 rings (SSSR count). The van der Waals surface area contributed by atoms with Crippen molar-refractivity contribution in [3.05, 3.63) is 82.6 Å². The molecule has 0 aliphatic heterocycles. The first-order chi connectivity index (χ1) is 17.4. The Kier molecular flexibility index (Phi) is 7.31. The number of hydrogen-bond acceptors (Lipinski definition) is 4. The molecular formula is C30H33ClN2O3. The molecule has 36 heavy (non-hydrogen) atoms. The van der Waals surface area contributed by atoms with Gasteiger partial charge in [0.1, 0.15) is 5.75 Å². The van der Waals surface area contributed by atoms with Gasteiger partial charge in [-0.05, 0) is 84.9 Å². The van der Waals surface area contributed by atoms with Gasteiger partial charge in [-0.25, -0.2) is 0 Å². The maximum absolute atomic E-state index is 10.9. The van der Waals surface area contributed by atoms with Crippen LogP contribution in [0.15, 0.2) is 60.9 Å². The number of hydrogen-bond donors (Lipinski definition) is 2. The van der Waals surface area contributed by atoms with E-state index in [2.05, 4.69) is 53.6 Å². The number of rotatable bonds is 12. The highest BCUT2D eigenvalue weighted by Crippen LogP contribution is 2.50. The zero-order valence-corrected chi connectivity index (χ0v) is 21.4. The van der Waals surface area contributed by atoms with E-state index < -0.39 is 5.97 Å². The Morgan fingerprint density at radius 2 is 2.00 bits per heavy atom. The molecule has 188 valence electrons. The zero-order valence-electron chi connectivity index (χ0n) is 20.7. The monoisotopic (exact) mass is 504 g/mol. The van der Waals surface area contributed by atoms with Crippen LogP contribution >= 0.6 is 11.6 Å². The summed E-state index contributed by atoms with van der Waals surface area (Å²) < 4.78 is 6.23. The fourth-order valence-electron chi connectivity index (χ4n) is 4.86. The van der Waals surface area contributed by atoms with Crippen molar-refractivity contribution in [2.24, 2.45) is 0 Å². The first-order valence-corrected chi connectivity index (χ1v) is 13.3. The molecule has 0 spiro atoms. The Labute approximate surface area is 217 Å². The fourth-order valence-corrected chi connectivity index (χ4v) is 5.05. The Morgan fingerprint density at radius 3 is 2.75 bits per heavy atom. The Bertz CT molecular complexity index is 1240. The summed E-state index contributed by atoms with van der Waals surface area (Å²) in [5, 5.41) is 13.5. The Balaban J connectivity index is 1.34. The van der Waals surface area contributed by atoms with Crippen LogP contribution in [0.3, 0.4) is 0 Å². The van der Waals surface area contributed by atoms with Crippen LogP contribution in [0.2, 0.25) is 5.02 Å². The normalized spacial score (nSPS) is 16.9. The summed E-state index contributed by atoms with van der Waals surface area (Å²) in [5.74, 6) is 0.480. The van der Waals surface area contributed by atoms with Gasteiger partial charge in [0.2, 0.25) is 0 Å². The van der Waals surface area contributed by atoms with Crippen LogP contribution < -0.4 is 10.1 Å². The predicted octanol–water partition coefficient (Wildman–Crippen LogP) is 7.08. The largest absolute Gasteiger partial charge is 0.490 e. The summed E-state index contributed by atoms with van der Waals surface area (Å²) in [6, 6.07) is 16.6. The van der Waals surface area contributed by atoms with Crippen LogP contribution in [0.1, 0.15) is 74.5 Å². The molecule has 5 nitrogen and oxygen atoms in total. The number of nitrogens with zero attached hydrogens (tertiary/aromatic N) is 1. The van der Waals surface area contributed by atoms with Gasteiger partial charge >= 0.3 is 5.97 Å². The van der Waals surface area contributed by atoms with Gasteiger partial charge in [-0.2, -0.15) is 0 Å². The van der Waals surface area contributed by atoms with Crippen molar-refractivity contribution >= 4 is 17.6 Å². The third-order valence-corrected chi connectivity index (χ3v) is 7.73. The van der Waals surface area contributed by atoms with Crippen LogP contribution in [0.25, 0.3) is 11.1 Å². The second-order valence-electron chi connectivity index (χ2n) is 10.2. The molecule has 0 radical (unpaired) electrons. The number of benzene rings is 2. The predicted molar refractivity (Wildman–Crippen MR) is 142 cm³/mol. The van der Waals surface area contributed by atoms with Gasteiger partial charge in [0.25, 0.3) is 0 Å². The van der Waals surface area contributed by atoms with Gasteiger partial charge in [-0.15, -0.1) is 0 Å². The summed E-state index contributed by atoms with van der Waals surface area (Å²) in [4.78, 5) is 15.3. The van der Waals surface area contributed by atoms with Gasteiger partial charge < -0.3 is 15.2 Å². The molecule has 2 aliphatic rings. The lowest BCUT2D eigenvalue weighted by Gasteiger charge is -2.23. The van der Waals surface area contributed by atoms with Gasteiger partial charge in [0.15, 0.2) is 0 Å². The van der Waals surface area contributed by atoms with Crippen LogP contribution in [0.5, 0.6) is 5.75 Å². The number of pyridine rings is 1. The number of nitrogens with one attached hydrogen (secondary N) is 1. The van der Waals surface area contributed by atoms with E-state index in [9.17, 15) is 4.79 Å². The summed E-state index contributed by atoms with van der Waals surface area (Å²) in [6.45, 7) is 2.80. The van der Waals surface area contributed by atoms with E-state index >= 15 is 0 Å². The minimum absolute atomic E-state index is 0.136. The lowest BCUT2D eigenvalue weighted by Crippen LogP contribution is -2.29. The van der Waals surface area contributed by atoms with E-state index in [-0.39, 0.29) is 17.9 Å². The topological polar surface area (TPSA) is 71.5 Å². The number of halogens is 1. The van der Waals surface area contributed by atoms with E-state index in [1.54, 1.807) is 0 Å². The van der Waals surface area contributed by atoms with Crippen molar-refractivity contribution in [2.75, 3.05) is 0 Å².